The highest BCUT2D eigenvalue weighted by atomic mass is 16.3. The van der Waals surface area contributed by atoms with Gasteiger partial charge in [-0.05, 0) is 25.8 Å². The minimum Gasteiger partial charge on any atom is -0.391 e. The van der Waals surface area contributed by atoms with Crippen LogP contribution in [0.1, 0.15) is 58.8 Å². The Hall–Kier alpha value is -0.670. The first kappa shape index (κ1) is 17.4. The first-order chi connectivity index (χ1) is 9.79. The van der Waals surface area contributed by atoms with E-state index in [9.17, 15) is 5.11 Å². The van der Waals surface area contributed by atoms with Crippen LogP contribution in [0.3, 0.4) is 0 Å². The second kappa shape index (κ2) is 10.1. The maximum Gasteiger partial charge on any atom is 0.202 e. The van der Waals surface area contributed by atoms with Crippen molar-refractivity contribution in [1.29, 1.82) is 0 Å². The van der Waals surface area contributed by atoms with E-state index in [1.165, 1.54) is 44.9 Å². The molecule has 0 radical (unpaired) electrons. The molecular formula is C17H33N2O+. The predicted octanol–water partition coefficient (Wildman–Crippen LogP) is 3.53. The monoisotopic (exact) mass is 281 g/mol. The number of nitrogens with zero attached hydrogens (tertiary/aromatic N) is 2. The summed E-state index contributed by atoms with van der Waals surface area (Å²) in [6, 6.07) is 0. The van der Waals surface area contributed by atoms with Crippen molar-refractivity contribution in [2.45, 2.75) is 65.0 Å². The Balaban J connectivity index is 2.24. The molecule has 0 spiro atoms. The van der Waals surface area contributed by atoms with E-state index < -0.39 is 0 Å². The molecule has 116 valence electrons. The van der Waals surface area contributed by atoms with Gasteiger partial charge in [0.2, 0.25) is 6.17 Å². The van der Waals surface area contributed by atoms with Gasteiger partial charge in [-0.15, -0.1) is 0 Å². The molecule has 2 unspecified atom stereocenters. The fraction of sp³-hybridized carbons (Fsp3) is 0.824. The van der Waals surface area contributed by atoms with E-state index in [4.69, 9.17) is 0 Å². The van der Waals surface area contributed by atoms with Gasteiger partial charge in [-0.25, -0.2) is 4.99 Å². The Morgan fingerprint density at radius 1 is 1.20 bits per heavy atom. The van der Waals surface area contributed by atoms with E-state index in [1.807, 2.05) is 6.21 Å². The molecule has 0 aromatic carbocycles. The van der Waals surface area contributed by atoms with Crippen molar-refractivity contribution >= 4 is 6.21 Å². The lowest BCUT2D eigenvalue weighted by atomic mass is 10.1. The molecule has 0 aliphatic carbocycles. The normalized spacial score (nSPS) is 25.9. The van der Waals surface area contributed by atoms with Crippen molar-refractivity contribution in [3.05, 3.63) is 12.2 Å². The second-order valence-corrected chi connectivity index (χ2v) is 5.89. The molecule has 3 heteroatoms. The van der Waals surface area contributed by atoms with Crippen molar-refractivity contribution < 1.29 is 9.59 Å². The van der Waals surface area contributed by atoms with Gasteiger partial charge in [-0.2, -0.15) is 0 Å². The summed E-state index contributed by atoms with van der Waals surface area (Å²) in [6.07, 6.45) is 16.1. The van der Waals surface area contributed by atoms with E-state index >= 15 is 0 Å². The number of unbranched alkanes of at least 4 members (excludes halogenated alkanes) is 6. The predicted molar refractivity (Wildman–Crippen MR) is 87.0 cm³/mol. The number of quaternary nitrogens is 1. The minimum atomic E-state index is 0.229. The van der Waals surface area contributed by atoms with Gasteiger partial charge in [0.1, 0.15) is 13.1 Å². The average Bonchev–Trinajstić information content (AvgIpc) is 2.86. The largest absolute Gasteiger partial charge is 0.391 e. The van der Waals surface area contributed by atoms with Gasteiger partial charge in [0, 0.05) is 0 Å². The summed E-state index contributed by atoms with van der Waals surface area (Å²) in [5.41, 5.74) is 0. The van der Waals surface area contributed by atoms with Gasteiger partial charge in [0.05, 0.1) is 19.4 Å². The van der Waals surface area contributed by atoms with Crippen molar-refractivity contribution in [1.82, 2.24) is 0 Å². The zero-order valence-electron chi connectivity index (χ0n) is 13.4. The summed E-state index contributed by atoms with van der Waals surface area (Å²) in [6.45, 7) is 7.51. The molecule has 0 amide bonds. The lowest BCUT2D eigenvalue weighted by Crippen LogP contribution is -2.53. The Bertz CT molecular complexity index is 301. The van der Waals surface area contributed by atoms with Crippen molar-refractivity contribution in [3.63, 3.8) is 0 Å². The summed E-state index contributed by atoms with van der Waals surface area (Å²) in [4.78, 5) is 4.59. The number of aliphatic imine (C=N–C) groups is 1. The van der Waals surface area contributed by atoms with Crippen LogP contribution in [0.4, 0.5) is 0 Å². The van der Waals surface area contributed by atoms with E-state index in [0.717, 1.165) is 24.1 Å². The van der Waals surface area contributed by atoms with Crippen LogP contribution < -0.4 is 0 Å². The Labute approximate surface area is 125 Å². The van der Waals surface area contributed by atoms with Gasteiger partial charge in [0.25, 0.3) is 0 Å². The molecule has 2 atom stereocenters. The molecular weight excluding hydrogens is 248 g/mol. The number of allylic oxidation sites excluding steroid dienone is 1. The zero-order valence-corrected chi connectivity index (χ0v) is 13.4. The summed E-state index contributed by atoms with van der Waals surface area (Å²) < 4.78 is 0.892. The molecule has 0 saturated carbocycles. The molecule has 1 aliphatic rings. The van der Waals surface area contributed by atoms with Crippen LogP contribution in [0.5, 0.6) is 0 Å². The molecule has 0 bridgehead atoms. The SMILES string of the molecule is CCCCCCCC/C=C/C1N=CC[N+]1(CC)CCO. The lowest BCUT2D eigenvalue weighted by Gasteiger charge is -2.36. The van der Waals surface area contributed by atoms with Gasteiger partial charge < -0.3 is 5.11 Å². The van der Waals surface area contributed by atoms with E-state index in [-0.39, 0.29) is 12.8 Å². The third kappa shape index (κ3) is 5.37. The topological polar surface area (TPSA) is 32.6 Å². The number of aliphatic hydroxyl groups is 1. The highest BCUT2D eigenvalue weighted by molar-refractivity contribution is 5.60. The van der Waals surface area contributed by atoms with Gasteiger partial charge in [-0.3, -0.25) is 4.48 Å². The molecule has 0 fully saturated rings. The van der Waals surface area contributed by atoms with Crippen molar-refractivity contribution in [3.8, 4) is 0 Å². The Morgan fingerprint density at radius 3 is 2.65 bits per heavy atom. The number of aliphatic hydroxyl groups excluding tert-OH is 1. The first-order valence-electron chi connectivity index (χ1n) is 8.44. The number of likely N-dealkylation sites (N-methyl/N-ethyl adjacent to an activating group) is 1. The fourth-order valence-electron chi connectivity index (χ4n) is 2.96. The van der Waals surface area contributed by atoms with Crippen molar-refractivity contribution in [2.75, 3.05) is 26.2 Å². The first-order valence-corrected chi connectivity index (χ1v) is 8.44. The highest BCUT2D eigenvalue weighted by Gasteiger charge is 2.35. The van der Waals surface area contributed by atoms with Crippen LogP contribution in [0.25, 0.3) is 0 Å². The van der Waals surface area contributed by atoms with Crippen LogP contribution >= 0.6 is 0 Å². The molecule has 1 N–H and O–H groups in total. The summed E-state index contributed by atoms with van der Waals surface area (Å²) in [7, 11) is 0. The molecule has 0 saturated heterocycles. The molecule has 1 rings (SSSR count). The van der Waals surface area contributed by atoms with Gasteiger partial charge >= 0.3 is 0 Å². The highest BCUT2D eigenvalue weighted by Crippen LogP contribution is 2.20. The molecule has 0 aromatic rings. The average molecular weight is 281 g/mol. The summed E-state index contributed by atoms with van der Waals surface area (Å²) >= 11 is 0. The number of hydrogen-bond donors (Lipinski definition) is 1. The second-order valence-electron chi connectivity index (χ2n) is 5.89. The van der Waals surface area contributed by atoms with Crippen LogP contribution in [0, 0.1) is 0 Å². The van der Waals surface area contributed by atoms with E-state index in [2.05, 4.69) is 31.0 Å². The molecule has 1 aliphatic heterocycles. The van der Waals surface area contributed by atoms with Crippen LogP contribution in [-0.4, -0.2) is 48.2 Å². The Morgan fingerprint density at radius 2 is 1.95 bits per heavy atom. The smallest absolute Gasteiger partial charge is 0.202 e. The van der Waals surface area contributed by atoms with E-state index in [1.54, 1.807) is 0 Å². The fourth-order valence-corrected chi connectivity index (χ4v) is 2.96. The zero-order chi connectivity index (χ0) is 14.7. The minimum absolute atomic E-state index is 0.229. The molecule has 1 heterocycles. The maximum absolute atomic E-state index is 9.26. The standard InChI is InChI=1S/C17H33N2O/c1-3-5-6-7-8-9-10-11-12-17-18-13-14-19(17,4-2)15-16-20/h11-13,17,20H,3-10,14-16H2,1-2H3/q+1/b12-11+. The van der Waals surface area contributed by atoms with Crippen LogP contribution in [0.15, 0.2) is 17.1 Å². The lowest BCUT2D eigenvalue weighted by molar-refractivity contribution is -0.929. The maximum atomic E-state index is 9.26. The molecule has 3 nitrogen and oxygen atoms in total. The van der Waals surface area contributed by atoms with Crippen LogP contribution in [0.2, 0.25) is 0 Å². The van der Waals surface area contributed by atoms with Crippen molar-refractivity contribution in [2.24, 2.45) is 4.99 Å². The number of rotatable bonds is 11. The van der Waals surface area contributed by atoms with Gasteiger partial charge in [0.15, 0.2) is 0 Å². The molecule has 0 aromatic heterocycles. The molecule has 20 heavy (non-hydrogen) atoms. The summed E-state index contributed by atoms with van der Waals surface area (Å²) in [5, 5.41) is 9.26. The third-order valence-corrected chi connectivity index (χ3v) is 4.47. The van der Waals surface area contributed by atoms with Gasteiger partial charge in [-0.1, -0.05) is 45.1 Å². The van der Waals surface area contributed by atoms with E-state index in [0.29, 0.717) is 0 Å². The van der Waals surface area contributed by atoms with Crippen LogP contribution in [-0.2, 0) is 0 Å². The number of hydrogen-bond acceptors (Lipinski definition) is 2. The Kier molecular flexibility index (Phi) is 8.79. The third-order valence-electron chi connectivity index (χ3n) is 4.47. The summed E-state index contributed by atoms with van der Waals surface area (Å²) in [5.74, 6) is 0. The quantitative estimate of drug-likeness (QED) is 0.351.